The average Bonchev–Trinajstić information content (AvgIpc) is 3.06. The number of alkyl halides is 1. The molecule has 0 aliphatic carbocycles. The van der Waals surface area contributed by atoms with Gasteiger partial charge in [-0.1, -0.05) is 17.9 Å². The fourth-order valence-electron chi connectivity index (χ4n) is 4.95. The molecular weight excluding hydrogens is 514 g/mol. The van der Waals surface area contributed by atoms with Gasteiger partial charge in [-0.15, -0.1) is 0 Å². The number of ether oxygens (including phenoxy) is 1. The van der Waals surface area contributed by atoms with Crippen LogP contribution < -0.4 is 10.5 Å². The van der Waals surface area contributed by atoms with Crippen molar-refractivity contribution in [1.82, 2.24) is 9.97 Å². The summed E-state index contributed by atoms with van der Waals surface area (Å²) in [5.41, 5.74) is 4.78. The number of fused-ring (bicyclic) bond motifs is 2. The van der Waals surface area contributed by atoms with E-state index in [1.807, 2.05) is 20.8 Å². The van der Waals surface area contributed by atoms with Crippen molar-refractivity contribution in [2.24, 2.45) is 16.1 Å². The van der Waals surface area contributed by atoms with Gasteiger partial charge in [-0.05, 0) is 58.2 Å². The Morgan fingerprint density at radius 3 is 2.63 bits per heavy atom. The van der Waals surface area contributed by atoms with Crippen LogP contribution in [0.4, 0.5) is 8.78 Å². The Balaban J connectivity index is 1.54. The van der Waals surface area contributed by atoms with Crippen LogP contribution in [-0.4, -0.2) is 53.3 Å². The highest BCUT2D eigenvalue weighted by atomic mass is 32.2. The number of Topliss-reactive ketones (excluding diaryl/α,β-unsaturated/α-hetero) is 1. The number of carbonyl (C=O) groups excluding carboxylic acids is 1. The average molecular weight is 545 g/mol. The second-order valence-electron chi connectivity index (χ2n) is 10.8. The number of aliphatic imine (C=N–C) groups is 1. The third-order valence-corrected chi connectivity index (χ3v) is 10.1. The SMILES string of the molecule is CC(C)(C)C#CCOc1cnc(C(=O)Cc2ccc(F)c([C@@]3(C)N=C(N)[C@]4(CF)CC[C@H]3S4(=O)=O)c2)cn1. The van der Waals surface area contributed by atoms with Gasteiger partial charge in [0, 0.05) is 17.4 Å². The summed E-state index contributed by atoms with van der Waals surface area (Å²) < 4.78 is 59.0. The normalized spacial score (nSPS) is 25.7. The highest BCUT2D eigenvalue weighted by Gasteiger charge is 2.65. The van der Waals surface area contributed by atoms with Gasteiger partial charge in [-0.25, -0.2) is 27.2 Å². The van der Waals surface area contributed by atoms with Crippen LogP contribution in [0.5, 0.6) is 5.88 Å². The fourth-order valence-corrected chi connectivity index (χ4v) is 7.60. The summed E-state index contributed by atoms with van der Waals surface area (Å²) in [7, 11) is -4.06. The Labute approximate surface area is 221 Å². The maximum atomic E-state index is 15.1. The summed E-state index contributed by atoms with van der Waals surface area (Å²) in [5, 5.41) is -1.13. The van der Waals surface area contributed by atoms with Crippen molar-refractivity contribution in [2.75, 3.05) is 13.3 Å². The van der Waals surface area contributed by atoms with E-state index in [9.17, 15) is 17.6 Å². The van der Waals surface area contributed by atoms with E-state index in [-0.39, 0.29) is 60.0 Å². The van der Waals surface area contributed by atoms with E-state index in [0.717, 1.165) is 6.07 Å². The molecule has 202 valence electrons. The lowest BCUT2D eigenvalue weighted by atomic mass is 9.85. The molecule has 2 N–H and O–H groups in total. The summed E-state index contributed by atoms with van der Waals surface area (Å²) in [4.78, 5) is 25.4. The number of carbonyl (C=O) groups is 1. The zero-order valence-corrected chi connectivity index (χ0v) is 22.5. The van der Waals surface area contributed by atoms with Crippen LogP contribution in [0.3, 0.4) is 0 Å². The van der Waals surface area contributed by atoms with Crippen LogP contribution in [0.25, 0.3) is 0 Å². The summed E-state index contributed by atoms with van der Waals surface area (Å²) in [5.74, 6) is 4.73. The summed E-state index contributed by atoms with van der Waals surface area (Å²) in [6, 6.07) is 4.01. The number of rotatable bonds is 7. The molecule has 3 heterocycles. The number of sulfone groups is 1. The molecule has 8 nitrogen and oxygen atoms in total. The van der Waals surface area contributed by atoms with Crippen LogP contribution in [-0.2, 0) is 21.8 Å². The van der Waals surface area contributed by atoms with E-state index in [2.05, 4.69) is 26.8 Å². The first-order valence-corrected chi connectivity index (χ1v) is 13.7. The molecule has 0 amide bonds. The van der Waals surface area contributed by atoms with Crippen molar-refractivity contribution in [2.45, 2.75) is 62.5 Å². The second kappa shape index (κ2) is 9.73. The number of ketones is 1. The Morgan fingerprint density at radius 2 is 2.00 bits per heavy atom. The highest BCUT2D eigenvalue weighted by Crippen LogP contribution is 2.51. The lowest BCUT2D eigenvalue weighted by Gasteiger charge is -2.39. The van der Waals surface area contributed by atoms with Crippen LogP contribution in [0.2, 0.25) is 0 Å². The molecule has 2 aromatic rings. The topological polar surface area (TPSA) is 125 Å². The predicted octanol–water partition coefficient (Wildman–Crippen LogP) is 3.34. The molecule has 4 rings (SSSR count). The second-order valence-corrected chi connectivity index (χ2v) is 13.3. The van der Waals surface area contributed by atoms with E-state index >= 15 is 4.39 Å². The van der Waals surface area contributed by atoms with Gasteiger partial charge < -0.3 is 10.5 Å². The van der Waals surface area contributed by atoms with Crippen LogP contribution in [0.15, 0.2) is 35.6 Å². The van der Waals surface area contributed by atoms with Gasteiger partial charge >= 0.3 is 0 Å². The Hall–Kier alpha value is -3.39. The maximum Gasteiger partial charge on any atom is 0.233 e. The molecule has 2 aliphatic rings. The number of hydrogen-bond donors (Lipinski definition) is 1. The predicted molar refractivity (Wildman–Crippen MR) is 139 cm³/mol. The first-order valence-electron chi connectivity index (χ1n) is 12.2. The van der Waals surface area contributed by atoms with E-state index in [1.54, 1.807) is 0 Å². The Bertz CT molecular complexity index is 1460. The fraction of sp³-hybridized carbons (Fsp3) is 0.481. The molecule has 0 saturated carbocycles. The van der Waals surface area contributed by atoms with Gasteiger partial charge in [0.2, 0.25) is 5.88 Å². The Morgan fingerprint density at radius 1 is 1.26 bits per heavy atom. The van der Waals surface area contributed by atoms with E-state index < -0.39 is 37.9 Å². The molecule has 1 aromatic carbocycles. The molecule has 1 saturated heterocycles. The quantitative estimate of drug-likeness (QED) is 0.419. The van der Waals surface area contributed by atoms with Crippen molar-refractivity contribution in [3.05, 3.63) is 53.2 Å². The van der Waals surface area contributed by atoms with Gasteiger partial charge in [0.25, 0.3) is 0 Å². The van der Waals surface area contributed by atoms with Gasteiger partial charge in [-0.3, -0.25) is 9.79 Å². The van der Waals surface area contributed by atoms with Gasteiger partial charge in [0.15, 0.2) is 27.0 Å². The summed E-state index contributed by atoms with van der Waals surface area (Å²) in [6.07, 6.45) is 2.56. The molecule has 1 fully saturated rings. The van der Waals surface area contributed by atoms with E-state index in [0.29, 0.717) is 5.56 Å². The molecule has 38 heavy (non-hydrogen) atoms. The van der Waals surface area contributed by atoms with Crippen molar-refractivity contribution in [3.8, 4) is 17.7 Å². The summed E-state index contributed by atoms with van der Waals surface area (Å²) in [6.45, 7) is 6.38. The molecule has 0 spiro atoms. The number of halogens is 2. The minimum atomic E-state index is -4.06. The molecule has 3 atom stereocenters. The monoisotopic (exact) mass is 544 g/mol. The smallest absolute Gasteiger partial charge is 0.233 e. The molecule has 1 aromatic heterocycles. The first-order chi connectivity index (χ1) is 17.7. The van der Waals surface area contributed by atoms with Gasteiger partial charge in [-0.2, -0.15) is 0 Å². The van der Waals surface area contributed by atoms with Crippen LogP contribution in [0, 0.1) is 23.1 Å². The molecule has 2 bridgehead atoms. The maximum absolute atomic E-state index is 15.1. The third-order valence-electron chi connectivity index (χ3n) is 7.00. The summed E-state index contributed by atoms with van der Waals surface area (Å²) >= 11 is 0. The first kappa shape index (κ1) is 27.6. The lowest BCUT2D eigenvalue weighted by molar-refractivity contribution is 0.0987. The minimum absolute atomic E-state index is 0.0111. The number of aromatic nitrogens is 2. The lowest BCUT2D eigenvalue weighted by Crippen LogP contribution is -2.58. The third kappa shape index (κ3) is 4.77. The number of nitrogens with two attached hydrogens (primary N) is 1. The van der Waals surface area contributed by atoms with Crippen LogP contribution in [0.1, 0.15) is 62.2 Å². The van der Waals surface area contributed by atoms with E-state index in [1.165, 1.54) is 31.5 Å². The van der Waals surface area contributed by atoms with Crippen molar-refractivity contribution < 1.29 is 26.7 Å². The highest BCUT2D eigenvalue weighted by molar-refractivity contribution is 7.94. The van der Waals surface area contributed by atoms with E-state index in [4.69, 9.17) is 10.5 Å². The van der Waals surface area contributed by atoms with Crippen LogP contribution >= 0.6 is 0 Å². The van der Waals surface area contributed by atoms with Gasteiger partial charge in [0.1, 0.15) is 29.6 Å². The molecule has 2 aliphatic heterocycles. The number of benzene rings is 1. The Kier molecular flexibility index (Phi) is 7.08. The van der Waals surface area contributed by atoms with Crippen molar-refractivity contribution >= 4 is 21.5 Å². The largest absolute Gasteiger partial charge is 0.463 e. The standard InChI is InChI=1S/C27H30F2N4O4S/c1-25(2,3)9-5-11-37-23-15-31-20(14-32-23)21(34)13-17-6-7-19(29)18(12-17)26(4)22-8-10-27(16-28,24(30)33-26)38(22,35)36/h6-7,12,14-15,22H,8,10-11,13,16H2,1-4H3,(H2,30,33)/t22-,26-,27-/m1/s1. The number of amidine groups is 1. The van der Waals surface area contributed by atoms with Crippen molar-refractivity contribution in [3.63, 3.8) is 0 Å². The molecule has 11 heteroatoms. The van der Waals surface area contributed by atoms with Crippen molar-refractivity contribution in [1.29, 1.82) is 0 Å². The zero-order valence-electron chi connectivity index (χ0n) is 21.7. The molecule has 0 unspecified atom stereocenters. The molecule has 0 radical (unpaired) electrons. The zero-order chi connectivity index (χ0) is 27.9. The molecular formula is C27H30F2N4O4S. The number of hydrogen-bond acceptors (Lipinski definition) is 8. The minimum Gasteiger partial charge on any atom is -0.463 e. The van der Waals surface area contributed by atoms with Gasteiger partial charge in [0.05, 0.1) is 17.6 Å². The number of nitrogens with zero attached hydrogens (tertiary/aromatic N) is 3.